The van der Waals surface area contributed by atoms with Crippen LogP contribution in [0.4, 0.5) is 14.5 Å². The molecular weight excluding hydrogens is 276 g/mol. The Labute approximate surface area is 121 Å². The molecule has 0 saturated heterocycles. The molecule has 1 unspecified atom stereocenters. The number of nitrogens with one attached hydrogen (secondary N) is 1. The van der Waals surface area contributed by atoms with Gasteiger partial charge in [-0.25, -0.2) is 13.6 Å². The predicted octanol–water partition coefficient (Wildman–Crippen LogP) is 3.88. The Hall–Kier alpha value is -2.43. The minimum Gasteiger partial charge on any atom is -0.478 e. The fourth-order valence-corrected chi connectivity index (χ4v) is 2.01. The third kappa shape index (κ3) is 3.37. The van der Waals surface area contributed by atoms with Gasteiger partial charge in [0.2, 0.25) is 0 Å². The van der Waals surface area contributed by atoms with Crippen LogP contribution in [0.15, 0.2) is 42.5 Å². The van der Waals surface area contributed by atoms with Crippen molar-refractivity contribution >= 4 is 11.7 Å². The molecule has 2 rings (SSSR count). The van der Waals surface area contributed by atoms with Crippen LogP contribution in [0, 0.1) is 11.6 Å². The fourth-order valence-electron chi connectivity index (χ4n) is 2.01. The summed E-state index contributed by atoms with van der Waals surface area (Å²) in [7, 11) is 0. The van der Waals surface area contributed by atoms with E-state index < -0.39 is 23.2 Å². The molecule has 2 aromatic rings. The summed E-state index contributed by atoms with van der Waals surface area (Å²) >= 11 is 0. The summed E-state index contributed by atoms with van der Waals surface area (Å²) in [5, 5.41) is 11.5. The molecule has 0 aliphatic heterocycles. The third-order valence-corrected chi connectivity index (χ3v) is 3.28. The van der Waals surface area contributed by atoms with Crippen LogP contribution in [0.25, 0.3) is 0 Å². The first-order valence-electron chi connectivity index (χ1n) is 6.50. The number of anilines is 1. The van der Waals surface area contributed by atoms with E-state index in [0.717, 1.165) is 11.6 Å². The van der Waals surface area contributed by atoms with Gasteiger partial charge in [0.1, 0.15) is 0 Å². The van der Waals surface area contributed by atoms with E-state index in [0.29, 0.717) is 6.54 Å². The van der Waals surface area contributed by atoms with E-state index in [1.807, 2.05) is 37.3 Å². The molecule has 1 atom stereocenters. The Bertz CT molecular complexity index is 644. The van der Waals surface area contributed by atoms with E-state index in [1.165, 1.54) is 6.07 Å². The van der Waals surface area contributed by atoms with E-state index in [9.17, 15) is 13.6 Å². The molecule has 0 heterocycles. The van der Waals surface area contributed by atoms with Gasteiger partial charge < -0.3 is 10.4 Å². The van der Waals surface area contributed by atoms with Crippen LogP contribution in [0.1, 0.15) is 28.8 Å². The summed E-state index contributed by atoms with van der Waals surface area (Å²) in [6, 6.07) is 11.9. The first-order valence-corrected chi connectivity index (χ1v) is 6.50. The third-order valence-electron chi connectivity index (χ3n) is 3.28. The standard InChI is InChI=1S/C16H15F2NO2/c1-10(11-5-3-2-4-6-11)9-19-13-8-7-12(16(20)21)14(17)15(13)18/h2-8,10,19H,9H2,1H3,(H,20,21). The average Bonchev–Trinajstić information content (AvgIpc) is 2.49. The number of rotatable bonds is 5. The van der Waals surface area contributed by atoms with Crippen molar-refractivity contribution < 1.29 is 18.7 Å². The van der Waals surface area contributed by atoms with Gasteiger partial charge in [0.25, 0.3) is 0 Å². The van der Waals surface area contributed by atoms with Crippen molar-refractivity contribution in [3.05, 3.63) is 65.2 Å². The summed E-state index contributed by atoms with van der Waals surface area (Å²) in [5.74, 6) is -3.90. The SMILES string of the molecule is CC(CNc1ccc(C(=O)O)c(F)c1F)c1ccccc1. The van der Waals surface area contributed by atoms with E-state index in [1.54, 1.807) is 0 Å². The lowest BCUT2D eigenvalue weighted by Gasteiger charge is -2.15. The van der Waals surface area contributed by atoms with Crippen molar-refractivity contribution in [1.29, 1.82) is 0 Å². The molecular formula is C16H15F2NO2. The van der Waals surface area contributed by atoms with Crippen LogP contribution in [0.2, 0.25) is 0 Å². The second-order valence-corrected chi connectivity index (χ2v) is 4.79. The number of carboxylic acid groups (broad SMARTS) is 1. The van der Waals surface area contributed by atoms with Gasteiger partial charge in [-0.1, -0.05) is 37.3 Å². The number of halogens is 2. The van der Waals surface area contributed by atoms with Crippen LogP contribution >= 0.6 is 0 Å². The maximum absolute atomic E-state index is 13.8. The lowest BCUT2D eigenvalue weighted by molar-refractivity contribution is 0.0690. The lowest BCUT2D eigenvalue weighted by Crippen LogP contribution is -2.12. The Balaban J connectivity index is 2.11. The summed E-state index contributed by atoms with van der Waals surface area (Å²) in [6.45, 7) is 2.37. The summed E-state index contributed by atoms with van der Waals surface area (Å²) in [4.78, 5) is 10.7. The summed E-state index contributed by atoms with van der Waals surface area (Å²) in [6.07, 6.45) is 0. The lowest BCUT2D eigenvalue weighted by atomic mass is 10.0. The number of carbonyl (C=O) groups is 1. The molecule has 0 aliphatic rings. The molecule has 0 saturated carbocycles. The molecule has 0 aliphatic carbocycles. The van der Waals surface area contributed by atoms with Crippen molar-refractivity contribution in [2.75, 3.05) is 11.9 Å². The number of aromatic carboxylic acids is 1. The minimum absolute atomic E-state index is 0.0414. The second-order valence-electron chi connectivity index (χ2n) is 4.79. The second kappa shape index (κ2) is 6.35. The van der Waals surface area contributed by atoms with Gasteiger partial charge in [-0.05, 0) is 23.6 Å². The highest BCUT2D eigenvalue weighted by Gasteiger charge is 2.18. The molecule has 110 valence electrons. The quantitative estimate of drug-likeness (QED) is 0.879. The molecule has 0 bridgehead atoms. The topological polar surface area (TPSA) is 49.3 Å². The van der Waals surface area contributed by atoms with Gasteiger partial charge in [-0.2, -0.15) is 0 Å². The Morgan fingerprint density at radius 2 is 1.81 bits per heavy atom. The molecule has 0 aromatic heterocycles. The first-order chi connectivity index (χ1) is 10.0. The molecule has 5 heteroatoms. The Morgan fingerprint density at radius 3 is 2.43 bits per heavy atom. The van der Waals surface area contributed by atoms with Gasteiger partial charge >= 0.3 is 5.97 Å². The van der Waals surface area contributed by atoms with Gasteiger partial charge in [-0.3, -0.25) is 0 Å². The molecule has 0 radical (unpaired) electrons. The van der Waals surface area contributed by atoms with Crippen LogP contribution in [-0.2, 0) is 0 Å². The summed E-state index contributed by atoms with van der Waals surface area (Å²) < 4.78 is 27.3. The van der Waals surface area contributed by atoms with E-state index in [2.05, 4.69) is 5.32 Å². The summed E-state index contributed by atoms with van der Waals surface area (Å²) in [5.41, 5.74) is 0.363. The maximum Gasteiger partial charge on any atom is 0.338 e. The molecule has 0 fully saturated rings. The highest BCUT2D eigenvalue weighted by molar-refractivity contribution is 5.88. The van der Waals surface area contributed by atoms with Crippen LogP contribution in [0.3, 0.4) is 0 Å². The van der Waals surface area contributed by atoms with E-state index >= 15 is 0 Å². The van der Waals surface area contributed by atoms with Crippen molar-refractivity contribution in [3.63, 3.8) is 0 Å². The number of hydrogen-bond donors (Lipinski definition) is 2. The average molecular weight is 291 g/mol. The van der Waals surface area contributed by atoms with Gasteiger partial charge in [0.15, 0.2) is 11.6 Å². The molecule has 0 amide bonds. The zero-order valence-corrected chi connectivity index (χ0v) is 11.4. The van der Waals surface area contributed by atoms with E-state index in [-0.39, 0.29) is 11.6 Å². The van der Waals surface area contributed by atoms with Crippen molar-refractivity contribution in [3.8, 4) is 0 Å². The van der Waals surface area contributed by atoms with Crippen LogP contribution < -0.4 is 5.32 Å². The smallest absolute Gasteiger partial charge is 0.338 e. The molecule has 0 spiro atoms. The van der Waals surface area contributed by atoms with Gasteiger partial charge in [-0.15, -0.1) is 0 Å². The van der Waals surface area contributed by atoms with Gasteiger partial charge in [0.05, 0.1) is 11.3 Å². The number of benzene rings is 2. The zero-order valence-electron chi connectivity index (χ0n) is 11.4. The first kappa shape index (κ1) is 15.0. The van der Waals surface area contributed by atoms with Gasteiger partial charge in [0, 0.05) is 6.54 Å². The Morgan fingerprint density at radius 1 is 1.14 bits per heavy atom. The maximum atomic E-state index is 13.8. The molecule has 2 aromatic carbocycles. The largest absolute Gasteiger partial charge is 0.478 e. The van der Waals surface area contributed by atoms with Crippen molar-refractivity contribution in [2.24, 2.45) is 0 Å². The molecule has 2 N–H and O–H groups in total. The minimum atomic E-state index is -1.49. The predicted molar refractivity (Wildman–Crippen MR) is 76.7 cm³/mol. The highest BCUT2D eigenvalue weighted by Crippen LogP contribution is 2.22. The van der Waals surface area contributed by atoms with Crippen molar-refractivity contribution in [1.82, 2.24) is 0 Å². The van der Waals surface area contributed by atoms with Crippen molar-refractivity contribution in [2.45, 2.75) is 12.8 Å². The van der Waals surface area contributed by atoms with Crippen LogP contribution in [0.5, 0.6) is 0 Å². The molecule has 21 heavy (non-hydrogen) atoms. The zero-order chi connectivity index (χ0) is 15.4. The fraction of sp³-hybridized carbons (Fsp3) is 0.188. The highest BCUT2D eigenvalue weighted by atomic mass is 19.2. The van der Waals surface area contributed by atoms with E-state index in [4.69, 9.17) is 5.11 Å². The number of carboxylic acids is 1. The Kier molecular flexibility index (Phi) is 4.52. The normalized spacial score (nSPS) is 12.0. The monoisotopic (exact) mass is 291 g/mol. The molecule has 3 nitrogen and oxygen atoms in total. The van der Waals surface area contributed by atoms with Crippen LogP contribution in [-0.4, -0.2) is 17.6 Å². The number of hydrogen-bond acceptors (Lipinski definition) is 2.